The van der Waals surface area contributed by atoms with Crippen LogP contribution >= 0.6 is 0 Å². The summed E-state index contributed by atoms with van der Waals surface area (Å²) in [6.07, 6.45) is 1.97. The number of carboxylic acid groups (broad SMARTS) is 1. The Kier molecular flexibility index (Phi) is 5.16. The minimum Gasteiger partial charge on any atom is -0.479 e. The maximum absolute atomic E-state index is 12.1. The highest BCUT2D eigenvalue weighted by atomic mass is 16.5. The molecule has 2 N–H and O–H groups in total. The maximum atomic E-state index is 12.1. The van der Waals surface area contributed by atoms with Crippen LogP contribution in [-0.2, 0) is 9.53 Å². The number of rotatable bonds is 5. The Morgan fingerprint density at radius 1 is 1.43 bits per heavy atom. The van der Waals surface area contributed by atoms with Gasteiger partial charge >= 0.3 is 12.0 Å². The lowest BCUT2D eigenvalue weighted by atomic mass is 10.1. The third-order valence-corrected chi connectivity index (χ3v) is 3.50. The molecule has 2 unspecified atom stereocenters. The molecule has 1 aliphatic heterocycles. The van der Waals surface area contributed by atoms with Gasteiger partial charge in [0.25, 0.3) is 0 Å². The van der Waals surface area contributed by atoms with Gasteiger partial charge in [0, 0.05) is 20.2 Å². The fraction of sp³-hybridized carbons (Fsp3) is 0.467. The molecule has 114 valence electrons. The molecule has 1 fully saturated rings. The number of benzene rings is 1. The van der Waals surface area contributed by atoms with Crippen molar-refractivity contribution < 1.29 is 19.4 Å². The smallest absolute Gasteiger partial charge is 0.330 e. The summed E-state index contributed by atoms with van der Waals surface area (Å²) in [6, 6.07) is 7.18. The van der Waals surface area contributed by atoms with Gasteiger partial charge in [-0.25, -0.2) is 9.59 Å². The summed E-state index contributed by atoms with van der Waals surface area (Å²) >= 11 is 0. The lowest BCUT2D eigenvalue weighted by Crippen LogP contribution is -2.44. The number of urea groups is 1. The van der Waals surface area contributed by atoms with Crippen LogP contribution in [0.2, 0.25) is 0 Å². The SMILES string of the molecule is CN(CC1CCCO1)C(=O)NC(C(=O)O)c1ccccc1. The lowest BCUT2D eigenvalue weighted by molar-refractivity contribution is -0.139. The summed E-state index contributed by atoms with van der Waals surface area (Å²) in [7, 11) is 1.64. The first kappa shape index (κ1) is 15.3. The van der Waals surface area contributed by atoms with Crippen LogP contribution in [-0.4, -0.2) is 48.3 Å². The Bertz CT molecular complexity index is 486. The molecule has 0 aromatic heterocycles. The molecule has 6 nitrogen and oxygen atoms in total. The standard InChI is InChI=1S/C15H20N2O4/c1-17(10-12-8-5-9-21-12)15(20)16-13(14(18)19)11-6-3-2-4-7-11/h2-4,6-7,12-13H,5,8-10H2,1H3,(H,16,20)(H,18,19). The number of aliphatic carboxylic acids is 1. The maximum Gasteiger partial charge on any atom is 0.330 e. The van der Waals surface area contributed by atoms with Crippen LogP contribution in [0.5, 0.6) is 0 Å². The predicted octanol–water partition coefficient (Wildman–Crippen LogP) is 1.63. The summed E-state index contributed by atoms with van der Waals surface area (Å²) < 4.78 is 5.47. The van der Waals surface area contributed by atoms with Gasteiger partial charge in [-0.05, 0) is 18.4 Å². The van der Waals surface area contributed by atoms with Crippen molar-refractivity contribution in [2.24, 2.45) is 0 Å². The van der Waals surface area contributed by atoms with E-state index in [0.29, 0.717) is 12.1 Å². The van der Waals surface area contributed by atoms with E-state index >= 15 is 0 Å². The molecule has 1 saturated heterocycles. The van der Waals surface area contributed by atoms with Gasteiger partial charge in [0.15, 0.2) is 6.04 Å². The molecule has 2 atom stereocenters. The second-order valence-electron chi connectivity index (χ2n) is 5.15. The minimum atomic E-state index is -1.08. The van der Waals surface area contributed by atoms with E-state index in [1.54, 1.807) is 37.4 Å². The van der Waals surface area contributed by atoms with Crippen LogP contribution in [0.4, 0.5) is 4.79 Å². The number of likely N-dealkylation sites (N-methyl/N-ethyl adjacent to an activating group) is 1. The van der Waals surface area contributed by atoms with Gasteiger partial charge < -0.3 is 20.1 Å². The highest BCUT2D eigenvalue weighted by molar-refractivity contribution is 5.83. The van der Waals surface area contributed by atoms with Crippen LogP contribution in [0.1, 0.15) is 24.4 Å². The van der Waals surface area contributed by atoms with Crippen molar-refractivity contribution in [2.75, 3.05) is 20.2 Å². The lowest BCUT2D eigenvalue weighted by Gasteiger charge is -2.23. The van der Waals surface area contributed by atoms with E-state index in [2.05, 4.69) is 5.32 Å². The van der Waals surface area contributed by atoms with E-state index in [1.807, 2.05) is 0 Å². The molecule has 6 heteroatoms. The minimum absolute atomic E-state index is 0.0424. The first-order valence-corrected chi connectivity index (χ1v) is 6.99. The molecule has 0 bridgehead atoms. The fourth-order valence-electron chi connectivity index (χ4n) is 2.34. The van der Waals surface area contributed by atoms with Crippen LogP contribution in [0.15, 0.2) is 30.3 Å². The van der Waals surface area contributed by atoms with Crippen molar-refractivity contribution in [3.05, 3.63) is 35.9 Å². The monoisotopic (exact) mass is 292 g/mol. The molecule has 0 spiro atoms. The number of ether oxygens (including phenoxy) is 1. The van der Waals surface area contributed by atoms with E-state index in [0.717, 1.165) is 19.4 Å². The van der Waals surface area contributed by atoms with Gasteiger partial charge in [-0.1, -0.05) is 30.3 Å². The van der Waals surface area contributed by atoms with Gasteiger partial charge in [0.1, 0.15) is 0 Å². The quantitative estimate of drug-likeness (QED) is 0.864. The summed E-state index contributed by atoms with van der Waals surface area (Å²) in [5.41, 5.74) is 0.545. The first-order chi connectivity index (χ1) is 10.1. The van der Waals surface area contributed by atoms with Crippen molar-refractivity contribution >= 4 is 12.0 Å². The highest BCUT2D eigenvalue weighted by Gasteiger charge is 2.25. The molecule has 0 radical (unpaired) electrons. The molecule has 1 aromatic carbocycles. The van der Waals surface area contributed by atoms with Crippen LogP contribution < -0.4 is 5.32 Å². The summed E-state index contributed by atoms with van der Waals surface area (Å²) in [5, 5.41) is 11.8. The second kappa shape index (κ2) is 7.08. The molecule has 1 heterocycles. The number of carbonyl (C=O) groups is 2. The summed E-state index contributed by atoms with van der Waals surface area (Å²) in [4.78, 5) is 24.9. The van der Waals surface area contributed by atoms with Gasteiger partial charge in [0.2, 0.25) is 0 Å². The zero-order valence-corrected chi connectivity index (χ0v) is 12.0. The van der Waals surface area contributed by atoms with Crippen molar-refractivity contribution in [1.29, 1.82) is 0 Å². The van der Waals surface area contributed by atoms with Gasteiger partial charge in [-0.2, -0.15) is 0 Å². The number of nitrogens with one attached hydrogen (secondary N) is 1. The Morgan fingerprint density at radius 3 is 2.71 bits per heavy atom. The van der Waals surface area contributed by atoms with Gasteiger partial charge in [-0.15, -0.1) is 0 Å². The third-order valence-electron chi connectivity index (χ3n) is 3.50. The molecule has 0 saturated carbocycles. The Labute approximate surface area is 123 Å². The second-order valence-corrected chi connectivity index (χ2v) is 5.15. The number of hydrogen-bond acceptors (Lipinski definition) is 3. The highest BCUT2D eigenvalue weighted by Crippen LogP contribution is 2.15. The molecule has 1 aromatic rings. The zero-order chi connectivity index (χ0) is 15.2. The van der Waals surface area contributed by atoms with Crippen LogP contribution in [0.25, 0.3) is 0 Å². The summed E-state index contributed by atoms with van der Waals surface area (Å²) in [5.74, 6) is -1.08. The third kappa shape index (κ3) is 4.19. The molecule has 1 aliphatic rings. The fourth-order valence-corrected chi connectivity index (χ4v) is 2.34. The predicted molar refractivity (Wildman–Crippen MR) is 77.0 cm³/mol. The first-order valence-electron chi connectivity index (χ1n) is 6.99. The number of hydrogen-bond donors (Lipinski definition) is 2. The average molecular weight is 292 g/mol. The normalized spacial score (nSPS) is 19.0. The molecule has 2 rings (SSSR count). The Morgan fingerprint density at radius 2 is 2.14 bits per heavy atom. The van der Waals surface area contributed by atoms with Crippen molar-refractivity contribution in [3.63, 3.8) is 0 Å². The topological polar surface area (TPSA) is 78.9 Å². The van der Waals surface area contributed by atoms with Crippen LogP contribution in [0.3, 0.4) is 0 Å². The molecular formula is C15H20N2O4. The van der Waals surface area contributed by atoms with E-state index in [1.165, 1.54) is 4.90 Å². The molecule has 2 amide bonds. The molecule has 0 aliphatic carbocycles. The number of amides is 2. The van der Waals surface area contributed by atoms with Crippen molar-refractivity contribution in [2.45, 2.75) is 25.0 Å². The van der Waals surface area contributed by atoms with Crippen molar-refractivity contribution in [3.8, 4) is 0 Å². The van der Waals surface area contributed by atoms with E-state index in [9.17, 15) is 14.7 Å². The van der Waals surface area contributed by atoms with Crippen LogP contribution in [0, 0.1) is 0 Å². The number of nitrogens with zero attached hydrogens (tertiary/aromatic N) is 1. The number of carbonyl (C=O) groups excluding carboxylic acids is 1. The average Bonchev–Trinajstić information content (AvgIpc) is 2.98. The van der Waals surface area contributed by atoms with E-state index in [-0.39, 0.29) is 6.10 Å². The summed E-state index contributed by atoms with van der Waals surface area (Å²) in [6.45, 7) is 1.19. The zero-order valence-electron chi connectivity index (χ0n) is 12.0. The van der Waals surface area contributed by atoms with E-state index < -0.39 is 18.0 Å². The Hall–Kier alpha value is -2.08. The number of carboxylic acids is 1. The van der Waals surface area contributed by atoms with E-state index in [4.69, 9.17) is 4.74 Å². The van der Waals surface area contributed by atoms with Crippen molar-refractivity contribution in [1.82, 2.24) is 10.2 Å². The molecule has 21 heavy (non-hydrogen) atoms. The van der Waals surface area contributed by atoms with Gasteiger partial charge in [-0.3, -0.25) is 0 Å². The largest absolute Gasteiger partial charge is 0.479 e. The Balaban J connectivity index is 1.96. The molecular weight excluding hydrogens is 272 g/mol. The van der Waals surface area contributed by atoms with Gasteiger partial charge in [0.05, 0.1) is 6.10 Å².